The molecule has 0 amide bonds. The van der Waals surface area contributed by atoms with E-state index in [0.717, 1.165) is 11.5 Å². The van der Waals surface area contributed by atoms with Crippen LogP contribution in [0.15, 0.2) is 66.7 Å². The van der Waals surface area contributed by atoms with Crippen LogP contribution in [0.1, 0.15) is 51.3 Å². The van der Waals surface area contributed by atoms with Gasteiger partial charge in [0.15, 0.2) is 0 Å². The second kappa shape index (κ2) is 5.55. The minimum atomic E-state index is -0.121. The van der Waals surface area contributed by atoms with Gasteiger partial charge in [0.1, 0.15) is 11.5 Å². The van der Waals surface area contributed by atoms with Gasteiger partial charge in [0, 0.05) is 27.3 Å². The fraction of sp³-hybridized carbons (Fsp3) is 0.241. The number of hydrogen-bond donors (Lipinski definition) is 0. The lowest BCUT2D eigenvalue weighted by Gasteiger charge is -2.36. The molecular weight excluding hydrogens is 364 g/mol. The Morgan fingerprint density at radius 1 is 0.700 bits per heavy atom. The number of benzene rings is 5. The van der Waals surface area contributed by atoms with Crippen molar-refractivity contribution in [2.75, 3.05) is 0 Å². The first-order valence-electron chi connectivity index (χ1n) is 10.8. The molecule has 0 spiro atoms. The van der Waals surface area contributed by atoms with E-state index >= 15 is 0 Å². The molecule has 5 aromatic carbocycles. The Morgan fingerprint density at radius 3 is 2.13 bits per heavy atom. The Morgan fingerprint density at radius 2 is 1.40 bits per heavy atom. The molecule has 0 fully saturated rings. The van der Waals surface area contributed by atoms with E-state index in [1.807, 2.05) is 0 Å². The summed E-state index contributed by atoms with van der Waals surface area (Å²) in [6.07, 6.45) is 0. The summed E-state index contributed by atoms with van der Waals surface area (Å²) in [5.74, 6) is 2.01. The summed E-state index contributed by atoms with van der Waals surface area (Å²) in [6.45, 7) is 11.4. The van der Waals surface area contributed by atoms with Crippen LogP contribution in [0.25, 0.3) is 32.3 Å². The predicted octanol–water partition coefficient (Wildman–Crippen LogP) is 8.31. The zero-order valence-electron chi connectivity index (χ0n) is 18.3. The smallest absolute Gasteiger partial charge is 0.139 e. The quantitative estimate of drug-likeness (QED) is 0.242. The minimum Gasteiger partial charge on any atom is -0.456 e. The first kappa shape index (κ1) is 17.8. The largest absolute Gasteiger partial charge is 0.456 e. The third-order valence-electron chi connectivity index (χ3n) is 7.00. The van der Waals surface area contributed by atoms with Crippen LogP contribution in [0.4, 0.5) is 0 Å². The summed E-state index contributed by atoms with van der Waals surface area (Å²) in [5.41, 5.74) is 3.80. The zero-order chi connectivity index (χ0) is 20.8. The van der Waals surface area contributed by atoms with Crippen molar-refractivity contribution in [3.63, 3.8) is 0 Å². The highest BCUT2D eigenvalue weighted by Crippen LogP contribution is 2.53. The van der Waals surface area contributed by atoms with Gasteiger partial charge in [-0.1, -0.05) is 83.1 Å². The van der Waals surface area contributed by atoms with E-state index in [-0.39, 0.29) is 10.8 Å². The van der Waals surface area contributed by atoms with Crippen molar-refractivity contribution in [3.8, 4) is 11.5 Å². The molecule has 6 rings (SSSR count). The molecule has 1 aliphatic heterocycles. The van der Waals surface area contributed by atoms with Crippen LogP contribution in [0.5, 0.6) is 11.5 Å². The number of hydrogen-bond acceptors (Lipinski definition) is 1. The molecule has 0 aromatic heterocycles. The van der Waals surface area contributed by atoms with Gasteiger partial charge in [0.05, 0.1) is 0 Å². The van der Waals surface area contributed by atoms with Gasteiger partial charge in [-0.2, -0.15) is 0 Å². The molecule has 0 N–H and O–H groups in total. The lowest BCUT2D eigenvalue weighted by Crippen LogP contribution is -2.25. The maximum Gasteiger partial charge on any atom is 0.139 e. The molecule has 1 aliphatic rings. The molecule has 30 heavy (non-hydrogen) atoms. The van der Waals surface area contributed by atoms with Crippen molar-refractivity contribution in [2.24, 2.45) is 0 Å². The van der Waals surface area contributed by atoms with E-state index in [0.29, 0.717) is 0 Å². The van der Waals surface area contributed by atoms with Crippen molar-refractivity contribution in [2.45, 2.75) is 45.4 Å². The summed E-state index contributed by atoms with van der Waals surface area (Å²) in [5, 5.41) is 7.74. The number of fused-ring (bicyclic) bond motifs is 3. The maximum absolute atomic E-state index is 6.71. The molecule has 1 heteroatoms. The summed E-state index contributed by atoms with van der Waals surface area (Å²) in [4.78, 5) is 0. The monoisotopic (exact) mass is 390 g/mol. The highest BCUT2D eigenvalue weighted by Gasteiger charge is 2.36. The Kier molecular flexibility index (Phi) is 3.28. The molecule has 0 unspecified atom stereocenters. The molecule has 1 nitrogen and oxygen atoms in total. The third-order valence-corrected chi connectivity index (χ3v) is 7.00. The molecular formula is C29H26O. The fourth-order valence-electron chi connectivity index (χ4n) is 5.20. The first-order chi connectivity index (χ1) is 14.2. The van der Waals surface area contributed by atoms with Gasteiger partial charge < -0.3 is 4.74 Å². The summed E-state index contributed by atoms with van der Waals surface area (Å²) >= 11 is 0. The van der Waals surface area contributed by atoms with Crippen molar-refractivity contribution < 1.29 is 4.74 Å². The van der Waals surface area contributed by atoms with E-state index in [1.54, 1.807) is 0 Å². The van der Waals surface area contributed by atoms with E-state index < -0.39 is 0 Å². The Balaban J connectivity index is 1.71. The summed E-state index contributed by atoms with van der Waals surface area (Å²) in [7, 11) is 0. The van der Waals surface area contributed by atoms with Crippen LogP contribution >= 0.6 is 0 Å². The SMILES string of the molecule is CC(C)(C)c1ccc2c(c1)Oc1c(cc3ccc4cccc5ccc1c3c45)C2(C)C. The van der Waals surface area contributed by atoms with E-state index in [1.165, 1.54) is 49.0 Å². The highest BCUT2D eigenvalue weighted by molar-refractivity contribution is 6.24. The van der Waals surface area contributed by atoms with Gasteiger partial charge in [0.2, 0.25) is 0 Å². The predicted molar refractivity (Wildman–Crippen MR) is 127 cm³/mol. The number of rotatable bonds is 0. The normalized spacial score (nSPS) is 15.4. The average Bonchev–Trinajstić information content (AvgIpc) is 2.71. The van der Waals surface area contributed by atoms with E-state index in [9.17, 15) is 0 Å². The van der Waals surface area contributed by atoms with E-state index in [4.69, 9.17) is 4.74 Å². The topological polar surface area (TPSA) is 9.23 Å². The average molecular weight is 391 g/mol. The highest BCUT2D eigenvalue weighted by atomic mass is 16.5. The molecule has 0 aliphatic carbocycles. The van der Waals surface area contributed by atoms with Gasteiger partial charge in [0.25, 0.3) is 0 Å². The Bertz CT molecular complexity index is 1450. The van der Waals surface area contributed by atoms with Crippen LogP contribution in [0, 0.1) is 0 Å². The van der Waals surface area contributed by atoms with Crippen LogP contribution in [0.3, 0.4) is 0 Å². The van der Waals surface area contributed by atoms with Crippen molar-refractivity contribution in [1.29, 1.82) is 0 Å². The molecule has 0 bridgehead atoms. The van der Waals surface area contributed by atoms with Gasteiger partial charge >= 0.3 is 0 Å². The maximum atomic E-state index is 6.71. The van der Waals surface area contributed by atoms with Gasteiger partial charge in [-0.05, 0) is 50.7 Å². The van der Waals surface area contributed by atoms with Crippen molar-refractivity contribution >= 4 is 32.3 Å². The zero-order valence-corrected chi connectivity index (χ0v) is 18.3. The van der Waals surface area contributed by atoms with Gasteiger partial charge in [-0.3, -0.25) is 0 Å². The summed E-state index contributed by atoms with van der Waals surface area (Å²) < 4.78 is 6.71. The second-order valence-electron chi connectivity index (χ2n) is 10.3. The molecule has 0 atom stereocenters. The minimum absolute atomic E-state index is 0.0888. The summed E-state index contributed by atoms with van der Waals surface area (Å²) in [6, 6.07) is 24.7. The standard InChI is InChI=1S/C29H26O/c1-28(2,3)20-12-14-22-24(16-20)30-27-21-13-11-18-8-6-7-17-9-10-19(26(21)25(17)18)15-23(27)29(22,4)5/h6-16H,1-5H3. The van der Waals surface area contributed by atoms with Crippen LogP contribution in [-0.4, -0.2) is 0 Å². The molecule has 148 valence electrons. The van der Waals surface area contributed by atoms with Crippen LogP contribution < -0.4 is 4.74 Å². The third kappa shape index (κ3) is 2.24. The first-order valence-corrected chi connectivity index (χ1v) is 10.8. The van der Waals surface area contributed by atoms with Crippen LogP contribution in [0.2, 0.25) is 0 Å². The number of ether oxygens (including phenoxy) is 1. The van der Waals surface area contributed by atoms with Gasteiger partial charge in [-0.25, -0.2) is 0 Å². The molecule has 5 aromatic rings. The van der Waals surface area contributed by atoms with E-state index in [2.05, 4.69) is 101 Å². The van der Waals surface area contributed by atoms with Crippen LogP contribution in [-0.2, 0) is 10.8 Å². The second-order valence-corrected chi connectivity index (χ2v) is 10.3. The Labute approximate surface area is 177 Å². The van der Waals surface area contributed by atoms with Gasteiger partial charge in [-0.15, -0.1) is 0 Å². The van der Waals surface area contributed by atoms with Crippen molar-refractivity contribution in [3.05, 3.63) is 83.4 Å². The molecule has 0 radical (unpaired) electrons. The lowest BCUT2D eigenvalue weighted by atomic mass is 9.73. The Hall–Kier alpha value is -3.06. The lowest BCUT2D eigenvalue weighted by molar-refractivity contribution is 0.420. The van der Waals surface area contributed by atoms with Crippen molar-refractivity contribution in [1.82, 2.24) is 0 Å². The molecule has 0 saturated heterocycles. The molecule has 0 saturated carbocycles. The molecule has 1 heterocycles. The fourth-order valence-corrected chi connectivity index (χ4v) is 5.20.